The Morgan fingerprint density at radius 2 is 1.96 bits per heavy atom. The highest BCUT2D eigenvalue weighted by Crippen LogP contribution is 2.40. The van der Waals surface area contributed by atoms with Gasteiger partial charge in [0.1, 0.15) is 0 Å². The molecule has 1 saturated heterocycles. The monoisotopic (exact) mass is 346 g/mol. The summed E-state index contributed by atoms with van der Waals surface area (Å²) in [6, 6.07) is 10.7. The highest BCUT2D eigenvalue weighted by Gasteiger charge is 2.43. The molecule has 0 radical (unpaired) electrons. The largest absolute Gasteiger partial charge is 0.334 e. The molecule has 4 heteroatoms. The number of rotatable bonds is 9. The molecule has 1 amide bonds. The molecule has 2 N–H and O–H groups in total. The predicted molar refractivity (Wildman–Crippen MR) is 104 cm³/mol. The number of benzene rings is 1. The van der Waals surface area contributed by atoms with Gasteiger partial charge in [0.05, 0.1) is 6.04 Å². The average molecular weight is 347 g/mol. The summed E-state index contributed by atoms with van der Waals surface area (Å²) >= 11 is 1.93. The number of unbranched alkanes of at least 4 members (excludes halogenated alkanes) is 2. The van der Waals surface area contributed by atoms with Crippen molar-refractivity contribution in [1.29, 1.82) is 0 Å². The maximum atomic E-state index is 12.5. The van der Waals surface area contributed by atoms with E-state index in [4.69, 9.17) is 5.73 Å². The highest BCUT2D eigenvalue weighted by molar-refractivity contribution is 7.99. The first-order valence-electron chi connectivity index (χ1n) is 8.82. The molecule has 1 atom stereocenters. The summed E-state index contributed by atoms with van der Waals surface area (Å²) in [7, 11) is 0. The Kier molecular flexibility index (Phi) is 6.93. The van der Waals surface area contributed by atoms with Crippen LogP contribution in [0, 0.1) is 0 Å². The van der Waals surface area contributed by atoms with Crippen LogP contribution in [0.2, 0.25) is 0 Å². The highest BCUT2D eigenvalue weighted by atomic mass is 32.2. The summed E-state index contributed by atoms with van der Waals surface area (Å²) < 4.78 is -0.00118. The van der Waals surface area contributed by atoms with Gasteiger partial charge in [0.2, 0.25) is 5.91 Å². The number of carbonyl (C=O) groups is 1. The number of nitrogens with two attached hydrogens (primary N) is 1. The first kappa shape index (κ1) is 19.1. The smallest absolute Gasteiger partial charge is 0.249 e. The normalized spacial score (nSPS) is 18.5. The van der Waals surface area contributed by atoms with Crippen molar-refractivity contribution in [1.82, 2.24) is 4.90 Å². The third-order valence-electron chi connectivity index (χ3n) is 4.74. The summed E-state index contributed by atoms with van der Waals surface area (Å²) in [4.78, 5) is 14.5. The Labute approximate surface area is 150 Å². The molecule has 0 aromatic heterocycles. The van der Waals surface area contributed by atoms with Crippen LogP contribution in [0.3, 0.4) is 0 Å². The van der Waals surface area contributed by atoms with Gasteiger partial charge in [0, 0.05) is 22.6 Å². The first-order valence-corrected chi connectivity index (χ1v) is 9.81. The van der Waals surface area contributed by atoms with Crippen LogP contribution < -0.4 is 5.73 Å². The van der Waals surface area contributed by atoms with Crippen molar-refractivity contribution in [3.8, 4) is 0 Å². The number of hydrogen-bond donors (Lipinski definition) is 1. The summed E-state index contributed by atoms with van der Waals surface area (Å²) in [5.41, 5.74) is 7.65. The molecule has 3 nitrogen and oxygen atoms in total. The number of amides is 1. The van der Waals surface area contributed by atoms with Crippen LogP contribution in [0.25, 0.3) is 0 Å². The Bertz CT molecular complexity index is 556. The van der Waals surface area contributed by atoms with Gasteiger partial charge in [0.25, 0.3) is 0 Å². The topological polar surface area (TPSA) is 46.3 Å². The molecule has 1 aliphatic heterocycles. The molecule has 1 aromatic carbocycles. The summed E-state index contributed by atoms with van der Waals surface area (Å²) in [6.07, 6.45) is 3.91. The Balaban J connectivity index is 1.99. The molecule has 0 saturated carbocycles. The zero-order valence-electron chi connectivity index (χ0n) is 15.0. The lowest BCUT2D eigenvalue weighted by Gasteiger charge is -2.37. The van der Waals surface area contributed by atoms with Gasteiger partial charge in [0.15, 0.2) is 0 Å². The van der Waals surface area contributed by atoms with Crippen LogP contribution in [0.1, 0.15) is 45.1 Å². The van der Waals surface area contributed by atoms with Gasteiger partial charge < -0.3 is 10.6 Å². The van der Waals surface area contributed by atoms with Crippen LogP contribution in [0.15, 0.2) is 42.5 Å². The molecule has 1 fully saturated rings. The van der Waals surface area contributed by atoms with E-state index in [-0.39, 0.29) is 16.7 Å². The molecule has 2 rings (SSSR count). The van der Waals surface area contributed by atoms with E-state index in [1.807, 2.05) is 17.8 Å². The van der Waals surface area contributed by atoms with E-state index in [0.29, 0.717) is 0 Å². The van der Waals surface area contributed by atoms with E-state index in [1.165, 1.54) is 5.56 Å². The number of hydrogen-bond acceptors (Lipinski definition) is 3. The molecular weight excluding hydrogens is 316 g/mol. The van der Waals surface area contributed by atoms with Gasteiger partial charge >= 0.3 is 0 Å². The summed E-state index contributed by atoms with van der Waals surface area (Å²) in [5.74, 6) is 1.10. The van der Waals surface area contributed by atoms with E-state index in [2.05, 4.69) is 49.6 Å². The standard InChI is InChI=1S/C20H30N2OS/c1-16-14-18(22(19(16)23)13-9-5-8-12-21)20(2,3)24-15-17-10-6-4-7-11-17/h4,6-7,10-11,18H,1,5,8-9,12-15,21H2,2-3H3. The zero-order valence-corrected chi connectivity index (χ0v) is 15.8. The molecule has 0 spiro atoms. The van der Waals surface area contributed by atoms with Crippen molar-refractivity contribution >= 4 is 17.7 Å². The van der Waals surface area contributed by atoms with Crippen molar-refractivity contribution in [2.24, 2.45) is 5.73 Å². The molecule has 1 unspecified atom stereocenters. The van der Waals surface area contributed by atoms with Crippen molar-refractivity contribution < 1.29 is 4.79 Å². The van der Waals surface area contributed by atoms with Crippen LogP contribution >= 0.6 is 11.8 Å². The molecule has 0 aliphatic carbocycles. The number of likely N-dealkylation sites (tertiary alicyclic amines) is 1. The van der Waals surface area contributed by atoms with Gasteiger partial charge in [-0.25, -0.2) is 0 Å². The van der Waals surface area contributed by atoms with Gasteiger partial charge in [-0.1, -0.05) is 43.3 Å². The van der Waals surface area contributed by atoms with Crippen LogP contribution in [0.5, 0.6) is 0 Å². The minimum Gasteiger partial charge on any atom is -0.334 e. The first-order chi connectivity index (χ1) is 11.5. The second kappa shape index (κ2) is 8.72. The van der Waals surface area contributed by atoms with Gasteiger partial charge in [-0.05, 0) is 45.2 Å². The zero-order chi connectivity index (χ0) is 17.6. The van der Waals surface area contributed by atoms with Crippen molar-refractivity contribution in [2.75, 3.05) is 13.1 Å². The molecule has 24 heavy (non-hydrogen) atoms. The van der Waals surface area contributed by atoms with E-state index < -0.39 is 0 Å². The fourth-order valence-corrected chi connectivity index (χ4v) is 4.33. The van der Waals surface area contributed by atoms with E-state index >= 15 is 0 Å². The molecular formula is C20H30N2OS. The minimum absolute atomic E-state index is 0.00118. The van der Waals surface area contributed by atoms with E-state index in [9.17, 15) is 4.79 Å². The number of nitrogens with zero attached hydrogens (tertiary/aromatic N) is 1. The molecule has 1 heterocycles. The summed E-state index contributed by atoms with van der Waals surface area (Å²) in [6.45, 7) is 10.0. The van der Waals surface area contributed by atoms with Crippen molar-refractivity contribution in [2.45, 2.75) is 56.1 Å². The Hall–Kier alpha value is -1.26. The van der Waals surface area contributed by atoms with Gasteiger partial charge in [-0.3, -0.25) is 4.79 Å². The fraction of sp³-hybridized carbons (Fsp3) is 0.550. The maximum Gasteiger partial charge on any atom is 0.249 e. The van der Waals surface area contributed by atoms with Crippen molar-refractivity contribution in [3.05, 3.63) is 48.0 Å². The lowest BCUT2D eigenvalue weighted by Crippen LogP contribution is -2.45. The van der Waals surface area contributed by atoms with Crippen LogP contribution in [-0.4, -0.2) is 34.7 Å². The number of thioether (sulfide) groups is 1. The Morgan fingerprint density at radius 1 is 1.25 bits per heavy atom. The van der Waals surface area contributed by atoms with Crippen LogP contribution in [-0.2, 0) is 10.5 Å². The Morgan fingerprint density at radius 3 is 2.62 bits per heavy atom. The lowest BCUT2D eigenvalue weighted by atomic mass is 9.99. The molecule has 1 aliphatic rings. The second-order valence-electron chi connectivity index (χ2n) is 7.05. The minimum atomic E-state index is -0.00118. The van der Waals surface area contributed by atoms with E-state index in [0.717, 1.165) is 50.1 Å². The van der Waals surface area contributed by atoms with Gasteiger partial charge in [-0.15, -0.1) is 11.8 Å². The molecule has 0 bridgehead atoms. The molecule has 132 valence electrons. The van der Waals surface area contributed by atoms with Crippen LogP contribution in [0.4, 0.5) is 0 Å². The van der Waals surface area contributed by atoms with Crippen molar-refractivity contribution in [3.63, 3.8) is 0 Å². The number of carbonyl (C=O) groups excluding carboxylic acids is 1. The second-order valence-corrected chi connectivity index (χ2v) is 8.68. The lowest BCUT2D eigenvalue weighted by molar-refractivity contribution is -0.126. The quantitative estimate of drug-likeness (QED) is 0.543. The maximum absolute atomic E-state index is 12.5. The van der Waals surface area contributed by atoms with E-state index in [1.54, 1.807) is 0 Å². The van der Waals surface area contributed by atoms with Gasteiger partial charge in [-0.2, -0.15) is 0 Å². The average Bonchev–Trinajstić information content (AvgIpc) is 2.87. The predicted octanol–water partition coefficient (Wildman–Crippen LogP) is 3.98. The third-order valence-corrected chi connectivity index (χ3v) is 6.23. The SMILES string of the molecule is C=C1CC(C(C)(C)SCc2ccccc2)N(CCCCCN)C1=O. The molecule has 1 aromatic rings. The fourth-order valence-electron chi connectivity index (χ4n) is 3.20. The third kappa shape index (κ3) is 4.87. The summed E-state index contributed by atoms with van der Waals surface area (Å²) in [5, 5.41) is 0.